The molecule has 0 saturated carbocycles. The van der Waals surface area contributed by atoms with Gasteiger partial charge in [-0.1, -0.05) is 27.4 Å². The fourth-order valence-corrected chi connectivity index (χ4v) is 0.878. The Morgan fingerprint density at radius 2 is 2.07 bits per heavy atom. The molecule has 1 unspecified atom stereocenters. The van der Waals surface area contributed by atoms with Crippen LogP contribution in [0.3, 0.4) is 0 Å². The molecule has 0 aromatic heterocycles. The predicted molar refractivity (Wildman–Crippen MR) is 54.3 cm³/mol. The van der Waals surface area contributed by atoms with E-state index < -0.39 is 11.9 Å². The second-order valence-electron chi connectivity index (χ2n) is 4.49. The van der Waals surface area contributed by atoms with Crippen LogP contribution in [-0.2, 0) is 9.53 Å². The monoisotopic (exact) mass is 195 g/mol. The van der Waals surface area contributed by atoms with Crippen molar-refractivity contribution in [1.82, 2.24) is 0 Å². The van der Waals surface area contributed by atoms with Crippen molar-refractivity contribution in [3.63, 3.8) is 0 Å². The minimum absolute atomic E-state index is 0.188. The fourth-order valence-electron chi connectivity index (χ4n) is 0.878. The van der Waals surface area contributed by atoms with E-state index in [0.29, 0.717) is 0 Å². The van der Waals surface area contributed by atoms with Crippen molar-refractivity contribution in [2.45, 2.75) is 27.7 Å². The zero-order chi connectivity index (χ0) is 11.4. The Morgan fingerprint density at radius 1 is 1.57 bits per heavy atom. The number of carbonyl (C=O) groups excluding carboxylic acids is 1. The third-order valence-corrected chi connectivity index (χ3v) is 1.69. The van der Waals surface area contributed by atoms with E-state index in [0.717, 1.165) is 5.57 Å². The molecule has 78 valence electrons. The number of esters is 1. The quantitative estimate of drug-likeness (QED) is 0.513. The molecule has 0 aliphatic carbocycles. The smallest absolute Gasteiger partial charge is 0.324 e. The van der Waals surface area contributed by atoms with Gasteiger partial charge in [-0.25, -0.2) is 0 Å². The normalized spacial score (nSPS) is 12.8. The molecule has 1 atom stereocenters. The van der Waals surface area contributed by atoms with Crippen LogP contribution in [-0.4, -0.2) is 12.6 Å². The van der Waals surface area contributed by atoms with Crippen molar-refractivity contribution in [2.24, 2.45) is 11.3 Å². The van der Waals surface area contributed by atoms with Crippen molar-refractivity contribution in [3.05, 3.63) is 12.2 Å². The molecule has 3 nitrogen and oxygen atoms in total. The molecule has 0 aromatic carbocycles. The number of rotatable bonds is 3. The molecule has 0 heterocycles. The lowest BCUT2D eigenvalue weighted by molar-refractivity contribution is -0.148. The lowest BCUT2D eigenvalue weighted by atomic mass is 9.82. The zero-order valence-electron chi connectivity index (χ0n) is 9.26. The molecule has 0 amide bonds. The van der Waals surface area contributed by atoms with Crippen molar-refractivity contribution < 1.29 is 9.53 Å². The van der Waals surface area contributed by atoms with Crippen molar-refractivity contribution in [3.8, 4) is 6.07 Å². The van der Waals surface area contributed by atoms with Crippen LogP contribution in [0.15, 0.2) is 12.2 Å². The van der Waals surface area contributed by atoms with Gasteiger partial charge >= 0.3 is 5.97 Å². The summed E-state index contributed by atoms with van der Waals surface area (Å²) in [5.74, 6) is -1.19. The van der Waals surface area contributed by atoms with Gasteiger partial charge in [0.15, 0.2) is 0 Å². The lowest BCUT2D eigenvalue weighted by Crippen LogP contribution is -2.29. The molecule has 0 bridgehead atoms. The zero-order valence-corrected chi connectivity index (χ0v) is 9.26. The third kappa shape index (κ3) is 4.08. The highest BCUT2D eigenvalue weighted by Crippen LogP contribution is 2.26. The first-order valence-corrected chi connectivity index (χ1v) is 4.49. The summed E-state index contributed by atoms with van der Waals surface area (Å²) in [7, 11) is 0. The van der Waals surface area contributed by atoms with Gasteiger partial charge in [0.25, 0.3) is 0 Å². The number of carbonyl (C=O) groups is 1. The van der Waals surface area contributed by atoms with Gasteiger partial charge in [0.2, 0.25) is 0 Å². The molecule has 0 spiro atoms. The van der Waals surface area contributed by atoms with Crippen LogP contribution in [0.25, 0.3) is 0 Å². The molecule has 3 heteroatoms. The Hall–Kier alpha value is -1.30. The van der Waals surface area contributed by atoms with Crippen LogP contribution in [0.5, 0.6) is 0 Å². The van der Waals surface area contributed by atoms with E-state index >= 15 is 0 Å². The van der Waals surface area contributed by atoms with Crippen LogP contribution in [0.2, 0.25) is 0 Å². The van der Waals surface area contributed by atoms with Gasteiger partial charge in [-0.3, -0.25) is 4.79 Å². The van der Waals surface area contributed by atoms with Crippen molar-refractivity contribution >= 4 is 5.97 Å². The Kier molecular flexibility index (Phi) is 4.36. The number of nitrogens with zero attached hydrogens (tertiary/aromatic N) is 1. The molecule has 0 radical (unpaired) electrons. The second kappa shape index (κ2) is 4.80. The molecular formula is C11H17NO2. The van der Waals surface area contributed by atoms with Crippen LogP contribution in [0.4, 0.5) is 0 Å². The summed E-state index contributed by atoms with van der Waals surface area (Å²) in [6, 6.07) is 1.96. The van der Waals surface area contributed by atoms with Gasteiger partial charge in [-0.15, -0.1) is 0 Å². The van der Waals surface area contributed by atoms with Crippen LogP contribution in [0, 0.1) is 22.7 Å². The van der Waals surface area contributed by atoms with Gasteiger partial charge in [0, 0.05) is 0 Å². The van der Waals surface area contributed by atoms with Crippen molar-refractivity contribution in [2.75, 3.05) is 6.61 Å². The largest absolute Gasteiger partial charge is 0.460 e. The maximum absolute atomic E-state index is 11.4. The van der Waals surface area contributed by atoms with Crippen LogP contribution in [0.1, 0.15) is 27.7 Å². The Labute approximate surface area is 85.4 Å². The highest BCUT2D eigenvalue weighted by atomic mass is 16.5. The molecule has 0 aromatic rings. The number of nitriles is 1. The minimum atomic E-state index is -0.721. The minimum Gasteiger partial charge on any atom is -0.460 e. The summed E-state index contributed by atoms with van der Waals surface area (Å²) >= 11 is 0. The standard InChI is InChI=1S/C11H17NO2/c1-8(2)7-14-10(13)9(6-12)11(3,4)5/h9H,1,7H2,2-5H3. The maximum atomic E-state index is 11.4. The predicted octanol–water partition coefficient (Wildman–Crippen LogP) is 2.29. The van der Waals surface area contributed by atoms with Gasteiger partial charge < -0.3 is 4.74 Å². The molecule has 0 N–H and O–H groups in total. The first-order chi connectivity index (χ1) is 6.29. The Bertz CT molecular complexity index is 268. The Morgan fingerprint density at radius 3 is 2.36 bits per heavy atom. The highest BCUT2D eigenvalue weighted by molar-refractivity contribution is 5.76. The molecule has 14 heavy (non-hydrogen) atoms. The number of hydrogen-bond acceptors (Lipinski definition) is 3. The number of hydrogen-bond donors (Lipinski definition) is 0. The summed E-state index contributed by atoms with van der Waals surface area (Å²) in [5.41, 5.74) is 0.380. The molecule has 0 fully saturated rings. The van der Waals surface area contributed by atoms with E-state index in [2.05, 4.69) is 6.58 Å². The Balaban J connectivity index is 4.36. The highest BCUT2D eigenvalue weighted by Gasteiger charge is 2.32. The summed E-state index contributed by atoms with van der Waals surface area (Å²) in [6.45, 7) is 11.1. The second-order valence-corrected chi connectivity index (χ2v) is 4.49. The van der Waals surface area contributed by atoms with Gasteiger partial charge in [0.05, 0.1) is 6.07 Å². The average Bonchev–Trinajstić information content (AvgIpc) is 1.99. The first-order valence-electron chi connectivity index (χ1n) is 4.49. The van der Waals surface area contributed by atoms with Gasteiger partial charge in [-0.2, -0.15) is 5.26 Å². The van der Waals surface area contributed by atoms with Crippen LogP contribution < -0.4 is 0 Å². The van der Waals surface area contributed by atoms with Gasteiger partial charge in [0.1, 0.15) is 12.5 Å². The summed E-state index contributed by atoms with van der Waals surface area (Å²) in [6.07, 6.45) is 0. The topological polar surface area (TPSA) is 50.1 Å². The van der Waals surface area contributed by atoms with Gasteiger partial charge in [-0.05, 0) is 17.9 Å². The SMILES string of the molecule is C=C(C)COC(=O)C(C#N)C(C)(C)C. The van der Waals surface area contributed by atoms with E-state index in [-0.39, 0.29) is 12.0 Å². The van der Waals surface area contributed by atoms with E-state index in [1.165, 1.54) is 0 Å². The summed E-state index contributed by atoms with van der Waals surface area (Å²) in [4.78, 5) is 11.4. The summed E-state index contributed by atoms with van der Waals surface area (Å²) in [5, 5.41) is 8.82. The molecule has 0 rings (SSSR count). The van der Waals surface area contributed by atoms with Crippen molar-refractivity contribution in [1.29, 1.82) is 5.26 Å². The lowest BCUT2D eigenvalue weighted by Gasteiger charge is -2.22. The molecule has 0 aliphatic heterocycles. The summed E-state index contributed by atoms with van der Waals surface area (Å²) < 4.78 is 4.92. The molecular weight excluding hydrogens is 178 g/mol. The van der Waals surface area contributed by atoms with Crippen LogP contribution >= 0.6 is 0 Å². The van der Waals surface area contributed by atoms with E-state index in [4.69, 9.17) is 10.00 Å². The van der Waals surface area contributed by atoms with E-state index in [1.54, 1.807) is 6.92 Å². The molecule has 0 aliphatic rings. The first kappa shape index (κ1) is 12.7. The van der Waals surface area contributed by atoms with E-state index in [9.17, 15) is 4.79 Å². The van der Waals surface area contributed by atoms with E-state index in [1.807, 2.05) is 26.8 Å². The maximum Gasteiger partial charge on any atom is 0.324 e. The third-order valence-electron chi connectivity index (χ3n) is 1.69. The average molecular weight is 195 g/mol. The molecule has 0 saturated heterocycles. The fraction of sp³-hybridized carbons (Fsp3) is 0.636. The number of ether oxygens (including phenoxy) is 1.